The maximum atomic E-state index is 12.9. The van der Waals surface area contributed by atoms with Crippen LogP contribution in [0.5, 0.6) is 0 Å². The Morgan fingerprint density at radius 2 is 1.54 bits per heavy atom. The molecular formula is C23H35N5O7. The van der Waals surface area contributed by atoms with Crippen LogP contribution >= 0.6 is 0 Å². The summed E-state index contributed by atoms with van der Waals surface area (Å²) in [5.74, 6) is -3.39. The van der Waals surface area contributed by atoms with E-state index in [1.165, 1.54) is 0 Å². The smallest absolute Gasteiger partial charge is 0.303 e. The van der Waals surface area contributed by atoms with Crippen molar-refractivity contribution >= 4 is 30.0 Å². The van der Waals surface area contributed by atoms with Crippen LogP contribution in [0.15, 0.2) is 30.3 Å². The van der Waals surface area contributed by atoms with E-state index in [2.05, 4.69) is 16.0 Å². The number of nitrogens with two attached hydrogens (primary N) is 2. The molecule has 0 saturated carbocycles. The number of aliphatic hydroxyl groups is 1. The molecule has 1 rings (SSSR count). The van der Waals surface area contributed by atoms with Crippen LogP contribution in [0.25, 0.3) is 0 Å². The van der Waals surface area contributed by atoms with Crippen molar-refractivity contribution in [1.82, 2.24) is 16.0 Å². The van der Waals surface area contributed by atoms with Gasteiger partial charge in [-0.25, -0.2) is 0 Å². The molecule has 35 heavy (non-hydrogen) atoms. The van der Waals surface area contributed by atoms with Crippen molar-refractivity contribution in [2.75, 3.05) is 13.2 Å². The second-order valence-corrected chi connectivity index (χ2v) is 8.07. The summed E-state index contributed by atoms with van der Waals surface area (Å²) in [6.45, 7) is -0.320. The maximum Gasteiger partial charge on any atom is 0.303 e. The van der Waals surface area contributed by atoms with Crippen LogP contribution in [0.3, 0.4) is 0 Å². The van der Waals surface area contributed by atoms with Crippen molar-refractivity contribution in [1.29, 1.82) is 0 Å². The third-order valence-electron chi connectivity index (χ3n) is 5.20. The lowest BCUT2D eigenvalue weighted by atomic mass is 10.0. The summed E-state index contributed by atoms with van der Waals surface area (Å²) in [6, 6.07) is 4.37. The number of aliphatic hydroxyl groups excluding tert-OH is 1. The monoisotopic (exact) mass is 493 g/mol. The molecule has 3 amide bonds. The molecule has 0 aromatic heterocycles. The zero-order chi connectivity index (χ0) is 26.2. The van der Waals surface area contributed by atoms with Gasteiger partial charge in [0.05, 0.1) is 18.7 Å². The normalized spacial score (nSPS) is 14.1. The van der Waals surface area contributed by atoms with Crippen molar-refractivity contribution in [2.24, 2.45) is 11.5 Å². The number of carboxylic acids is 1. The number of nitrogens with one attached hydrogen (secondary N) is 3. The van der Waals surface area contributed by atoms with Crippen LogP contribution in [0.4, 0.5) is 0 Å². The van der Waals surface area contributed by atoms with Crippen LogP contribution in [0, 0.1) is 0 Å². The van der Waals surface area contributed by atoms with Gasteiger partial charge in [0, 0.05) is 12.8 Å². The summed E-state index contributed by atoms with van der Waals surface area (Å²) in [6.07, 6.45) is 1.93. The number of hydrogen-bond acceptors (Lipinski definition) is 8. The van der Waals surface area contributed by atoms with Crippen molar-refractivity contribution in [3.63, 3.8) is 0 Å². The number of aliphatic carboxylic acids is 1. The molecule has 1 aromatic carbocycles. The standard InChI is InChI=1S/C23H35N5O7/c24-11-5-4-8-16(13-29)26-22(34)18(12-15-6-2-1-3-7-15)27-23(35)19(14-30)28-21(33)17(25)9-10-20(31)32/h1-3,6-7,13,16-19,30H,4-5,8-12,14,24-25H2,(H,26,34)(H,27,35)(H,28,33)(H,31,32)/t16-,17+,18-,19+/m1/s1. The van der Waals surface area contributed by atoms with Crippen LogP contribution in [0.2, 0.25) is 0 Å². The molecule has 0 spiro atoms. The summed E-state index contributed by atoms with van der Waals surface area (Å²) in [7, 11) is 0. The van der Waals surface area contributed by atoms with Gasteiger partial charge in [-0.05, 0) is 37.8 Å². The Balaban J connectivity index is 2.90. The highest BCUT2D eigenvalue weighted by Crippen LogP contribution is 2.06. The number of aldehydes is 1. The number of carbonyl (C=O) groups excluding carboxylic acids is 4. The van der Waals surface area contributed by atoms with Gasteiger partial charge in [0.15, 0.2) is 0 Å². The summed E-state index contributed by atoms with van der Waals surface area (Å²) in [5, 5.41) is 25.7. The van der Waals surface area contributed by atoms with E-state index in [4.69, 9.17) is 16.6 Å². The number of unbranched alkanes of at least 4 members (excludes halogenated alkanes) is 1. The number of hydrogen-bond donors (Lipinski definition) is 7. The molecule has 12 heteroatoms. The van der Waals surface area contributed by atoms with Crippen molar-refractivity contribution in [3.05, 3.63) is 35.9 Å². The highest BCUT2D eigenvalue weighted by molar-refractivity contribution is 5.93. The first-order chi connectivity index (χ1) is 16.7. The van der Waals surface area contributed by atoms with Crippen LogP contribution in [-0.4, -0.2) is 77.5 Å². The summed E-state index contributed by atoms with van der Waals surface area (Å²) < 4.78 is 0. The van der Waals surface area contributed by atoms with Gasteiger partial charge in [0.2, 0.25) is 17.7 Å². The third kappa shape index (κ3) is 11.6. The average molecular weight is 494 g/mol. The highest BCUT2D eigenvalue weighted by Gasteiger charge is 2.29. The Bertz CT molecular complexity index is 837. The molecule has 0 saturated heterocycles. The van der Waals surface area contributed by atoms with E-state index in [1.54, 1.807) is 30.3 Å². The second-order valence-electron chi connectivity index (χ2n) is 8.07. The zero-order valence-corrected chi connectivity index (χ0v) is 19.5. The van der Waals surface area contributed by atoms with Crippen molar-refractivity contribution < 1.29 is 34.2 Å². The van der Waals surface area contributed by atoms with E-state index in [0.29, 0.717) is 32.1 Å². The summed E-state index contributed by atoms with van der Waals surface area (Å²) in [4.78, 5) is 60.0. The van der Waals surface area contributed by atoms with Gasteiger partial charge in [-0.3, -0.25) is 19.2 Å². The van der Waals surface area contributed by atoms with E-state index in [9.17, 15) is 29.1 Å². The lowest BCUT2D eigenvalue weighted by Crippen LogP contribution is -2.58. The van der Waals surface area contributed by atoms with Gasteiger partial charge in [-0.1, -0.05) is 30.3 Å². The van der Waals surface area contributed by atoms with E-state index < -0.39 is 54.5 Å². The number of carboxylic acid groups (broad SMARTS) is 1. The minimum Gasteiger partial charge on any atom is -0.481 e. The van der Waals surface area contributed by atoms with Gasteiger partial charge in [0.1, 0.15) is 18.4 Å². The van der Waals surface area contributed by atoms with Gasteiger partial charge in [0.25, 0.3) is 0 Å². The van der Waals surface area contributed by atoms with E-state index in [0.717, 1.165) is 5.56 Å². The molecule has 194 valence electrons. The minimum absolute atomic E-state index is 0.0943. The molecule has 0 unspecified atom stereocenters. The van der Waals surface area contributed by atoms with E-state index in [-0.39, 0.29) is 19.3 Å². The minimum atomic E-state index is -1.42. The van der Waals surface area contributed by atoms with Gasteiger partial charge in [-0.2, -0.15) is 0 Å². The van der Waals surface area contributed by atoms with E-state index >= 15 is 0 Å². The quantitative estimate of drug-likeness (QED) is 0.0961. The Kier molecular flexibility index (Phi) is 13.8. The van der Waals surface area contributed by atoms with Crippen LogP contribution < -0.4 is 27.4 Å². The molecule has 0 aliphatic heterocycles. The fourth-order valence-corrected chi connectivity index (χ4v) is 3.18. The maximum absolute atomic E-state index is 12.9. The molecule has 0 heterocycles. The molecule has 1 aromatic rings. The molecule has 0 radical (unpaired) electrons. The number of rotatable bonds is 17. The van der Waals surface area contributed by atoms with Crippen LogP contribution in [0.1, 0.15) is 37.7 Å². The van der Waals surface area contributed by atoms with Crippen LogP contribution in [-0.2, 0) is 30.4 Å². The number of benzene rings is 1. The topological polar surface area (TPSA) is 214 Å². The SMILES string of the molecule is NCCCC[C@H](C=O)NC(=O)[C@@H](Cc1ccccc1)NC(=O)[C@H](CO)NC(=O)[C@@H](N)CCC(=O)O. The van der Waals surface area contributed by atoms with E-state index in [1.807, 2.05) is 0 Å². The molecule has 0 bridgehead atoms. The Labute approximate surface area is 203 Å². The molecular weight excluding hydrogens is 458 g/mol. The fourth-order valence-electron chi connectivity index (χ4n) is 3.18. The second kappa shape index (κ2) is 16.3. The lowest BCUT2D eigenvalue weighted by molar-refractivity contribution is -0.137. The van der Waals surface area contributed by atoms with Gasteiger partial charge < -0.3 is 42.4 Å². The largest absolute Gasteiger partial charge is 0.481 e. The lowest BCUT2D eigenvalue weighted by Gasteiger charge is -2.24. The summed E-state index contributed by atoms with van der Waals surface area (Å²) >= 11 is 0. The fraction of sp³-hybridized carbons (Fsp3) is 0.522. The number of carbonyl (C=O) groups is 5. The first-order valence-electron chi connectivity index (χ1n) is 11.4. The highest BCUT2D eigenvalue weighted by atomic mass is 16.4. The molecule has 0 aliphatic carbocycles. The molecule has 9 N–H and O–H groups in total. The first kappa shape index (κ1) is 29.7. The predicted octanol–water partition coefficient (Wildman–Crippen LogP) is -1.80. The first-order valence-corrected chi connectivity index (χ1v) is 11.4. The van der Waals surface area contributed by atoms with Crippen molar-refractivity contribution in [3.8, 4) is 0 Å². The Morgan fingerprint density at radius 1 is 0.914 bits per heavy atom. The summed E-state index contributed by atoms with van der Waals surface area (Å²) in [5.41, 5.74) is 11.8. The zero-order valence-electron chi connectivity index (χ0n) is 19.5. The van der Waals surface area contributed by atoms with Gasteiger partial charge >= 0.3 is 5.97 Å². The molecule has 0 aliphatic rings. The Morgan fingerprint density at radius 3 is 2.11 bits per heavy atom. The molecule has 12 nitrogen and oxygen atoms in total. The molecule has 0 fully saturated rings. The molecule has 4 atom stereocenters. The third-order valence-corrected chi connectivity index (χ3v) is 5.20. The van der Waals surface area contributed by atoms with Crippen molar-refractivity contribution in [2.45, 2.75) is 62.7 Å². The van der Waals surface area contributed by atoms with Gasteiger partial charge in [-0.15, -0.1) is 0 Å². The number of amides is 3. The average Bonchev–Trinajstić information content (AvgIpc) is 2.84. The Hall–Kier alpha value is -3.35. The predicted molar refractivity (Wildman–Crippen MR) is 127 cm³/mol.